The van der Waals surface area contributed by atoms with Crippen LogP contribution in [0.4, 0.5) is 4.79 Å². The molecule has 0 aromatic carbocycles. The molecule has 0 aliphatic rings. The predicted molar refractivity (Wildman–Crippen MR) is 70.7 cm³/mol. The monoisotopic (exact) mass is 265 g/mol. The molecule has 0 aromatic heterocycles. The second kappa shape index (κ2) is 13.1. The zero-order chi connectivity index (χ0) is 13.7. The third kappa shape index (κ3) is 11.3. The largest absolute Gasteiger partial charge is 0.393 e. The molecule has 0 saturated carbocycles. The first-order valence-corrected chi connectivity index (χ1v) is 6.04. The van der Waals surface area contributed by atoms with Gasteiger partial charge in [0.15, 0.2) is 0 Å². The highest BCUT2D eigenvalue weighted by Gasteiger charge is 2.19. The van der Waals surface area contributed by atoms with Gasteiger partial charge < -0.3 is 20.6 Å². The fourth-order valence-corrected chi connectivity index (χ4v) is 1.26. The van der Waals surface area contributed by atoms with Crippen molar-refractivity contribution in [2.75, 3.05) is 13.6 Å². The highest BCUT2D eigenvalue weighted by atomic mass is 32.1. The van der Waals surface area contributed by atoms with Crippen LogP contribution in [0.3, 0.4) is 0 Å². The first-order chi connectivity index (χ1) is 8.11. The van der Waals surface area contributed by atoms with E-state index >= 15 is 0 Å². The minimum absolute atomic E-state index is 0.490. The fourth-order valence-electron chi connectivity index (χ4n) is 1.13. The smallest absolute Gasteiger partial charge is 0.340 e. The van der Waals surface area contributed by atoms with E-state index in [-0.39, 0.29) is 0 Å². The average molecular weight is 265 g/mol. The first-order valence-electron chi connectivity index (χ1n) is 5.67. The number of thiol groups is 1. The number of amides is 2. The molecule has 0 saturated heterocycles. The summed E-state index contributed by atoms with van der Waals surface area (Å²) in [5.74, 6) is -0.596. The van der Waals surface area contributed by atoms with Gasteiger partial charge in [-0.25, -0.2) is 9.59 Å². The quantitative estimate of drug-likeness (QED) is 0.311. The highest BCUT2D eigenvalue weighted by molar-refractivity contribution is 7.75. The molecule has 0 bridgehead atoms. The minimum Gasteiger partial charge on any atom is -0.393 e. The van der Waals surface area contributed by atoms with Gasteiger partial charge in [-0.05, 0) is 32.9 Å². The third-order valence-corrected chi connectivity index (χ3v) is 2.04. The second-order valence-electron chi connectivity index (χ2n) is 3.07. The number of hydrogen-bond donors (Lipinski definition) is 4. The Bertz CT molecular complexity index is 215. The van der Waals surface area contributed by atoms with Crippen LogP contribution < -0.4 is 16.4 Å². The van der Waals surface area contributed by atoms with E-state index in [0.717, 1.165) is 19.4 Å². The number of nitrogens with one attached hydrogen (secondary N) is 2. The van der Waals surface area contributed by atoms with Crippen LogP contribution in [0.25, 0.3) is 0 Å². The lowest BCUT2D eigenvalue weighted by Crippen LogP contribution is -2.43. The summed E-state index contributed by atoms with van der Waals surface area (Å²) in [7, 11) is 1.85. The summed E-state index contributed by atoms with van der Waals surface area (Å²) in [4.78, 5) is 21.7. The molecule has 1 atom stereocenters. The van der Waals surface area contributed by atoms with Crippen molar-refractivity contribution in [3.05, 3.63) is 0 Å². The topological polar surface area (TPSA) is 93.5 Å². The Labute approximate surface area is 108 Å². The molecular weight excluding hydrogens is 242 g/mol. The van der Waals surface area contributed by atoms with Gasteiger partial charge in [-0.1, -0.05) is 13.8 Å². The molecule has 6 nitrogen and oxygen atoms in total. The van der Waals surface area contributed by atoms with Gasteiger partial charge in [0.2, 0.25) is 0 Å². The van der Waals surface area contributed by atoms with Crippen molar-refractivity contribution in [3.63, 3.8) is 0 Å². The van der Waals surface area contributed by atoms with Crippen LogP contribution in [0, 0.1) is 0 Å². The summed E-state index contributed by atoms with van der Waals surface area (Å²) >= 11 is 3.39. The molecule has 1 unspecified atom stereocenters. The molecule has 0 aliphatic heterocycles. The maximum atomic E-state index is 11.1. The molecule has 0 aliphatic carbocycles. The van der Waals surface area contributed by atoms with Crippen LogP contribution >= 0.6 is 12.9 Å². The van der Waals surface area contributed by atoms with E-state index in [2.05, 4.69) is 27.7 Å². The summed E-state index contributed by atoms with van der Waals surface area (Å²) < 4.78 is 4.24. The number of unbranched alkanes of at least 4 members (excludes halogenated alkanes) is 1. The molecule has 102 valence electrons. The predicted octanol–water partition coefficient (Wildman–Crippen LogP) is 0.827. The van der Waals surface area contributed by atoms with Crippen LogP contribution in [0.2, 0.25) is 0 Å². The van der Waals surface area contributed by atoms with Gasteiger partial charge in [0.1, 0.15) is 6.04 Å². The Balaban J connectivity index is 0. The van der Waals surface area contributed by atoms with Gasteiger partial charge >= 0.3 is 12.0 Å². The Kier molecular flexibility index (Phi) is 14.2. The summed E-state index contributed by atoms with van der Waals surface area (Å²) in [6.45, 7) is 4.86. The van der Waals surface area contributed by atoms with Crippen molar-refractivity contribution in [1.82, 2.24) is 10.6 Å². The summed E-state index contributed by atoms with van der Waals surface area (Å²) in [6, 6.07) is -1.45. The number of nitrogens with two attached hydrogens (primary N) is 1. The number of carbonyl (C=O) groups excluding carboxylic acids is 2. The van der Waals surface area contributed by atoms with E-state index in [1.807, 2.05) is 20.9 Å². The van der Waals surface area contributed by atoms with Crippen LogP contribution in [-0.4, -0.2) is 31.6 Å². The van der Waals surface area contributed by atoms with Crippen molar-refractivity contribution < 1.29 is 13.8 Å². The van der Waals surface area contributed by atoms with Crippen LogP contribution in [-0.2, 0) is 8.98 Å². The van der Waals surface area contributed by atoms with E-state index in [0.29, 0.717) is 6.42 Å². The van der Waals surface area contributed by atoms with Crippen molar-refractivity contribution in [3.8, 4) is 0 Å². The summed E-state index contributed by atoms with van der Waals surface area (Å²) in [6.07, 6.45) is 2.19. The number of rotatable bonds is 7. The molecule has 0 spiro atoms. The molecule has 0 radical (unpaired) electrons. The highest BCUT2D eigenvalue weighted by Crippen LogP contribution is 2.03. The Morgan fingerprint density at radius 2 is 1.94 bits per heavy atom. The van der Waals surface area contributed by atoms with Crippen LogP contribution in [0.5, 0.6) is 0 Å². The van der Waals surface area contributed by atoms with Gasteiger partial charge in [-0.2, -0.15) is 0 Å². The third-order valence-electron chi connectivity index (χ3n) is 1.86. The lowest BCUT2D eigenvalue weighted by Gasteiger charge is -2.13. The fraction of sp³-hybridized carbons (Fsp3) is 0.800. The van der Waals surface area contributed by atoms with E-state index < -0.39 is 18.0 Å². The van der Waals surface area contributed by atoms with E-state index in [1.165, 1.54) is 0 Å². The zero-order valence-corrected chi connectivity index (χ0v) is 11.5. The van der Waals surface area contributed by atoms with Crippen molar-refractivity contribution >= 4 is 24.9 Å². The van der Waals surface area contributed by atoms with Crippen molar-refractivity contribution in [2.24, 2.45) is 5.73 Å². The SMILES string of the molecule is CC.CNCCCCC(NC(N)=O)C(=O)OS. The molecule has 7 heteroatoms. The van der Waals surface area contributed by atoms with E-state index in [4.69, 9.17) is 5.73 Å². The molecular formula is C10H23N3O3S. The summed E-state index contributed by atoms with van der Waals surface area (Å²) in [5, 5.41) is 5.28. The lowest BCUT2D eigenvalue weighted by atomic mass is 10.1. The van der Waals surface area contributed by atoms with Crippen molar-refractivity contribution in [1.29, 1.82) is 0 Å². The number of carbonyl (C=O) groups is 2. The second-order valence-corrected chi connectivity index (χ2v) is 3.25. The molecule has 17 heavy (non-hydrogen) atoms. The standard InChI is InChI=1S/C8H17N3O3S.C2H6/c1-10-5-3-2-4-6(7(12)14-15)11-8(9)13;1-2/h6,10,15H,2-5H2,1H3,(H3,9,11,13);1-2H3. The van der Waals surface area contributed by atoms with E-state index in [1.54, 1.807) is 0 Å². The Morgan fingerprint density at radius 1 is 1.35 bits per heavy atom. The number of urea groups is 1. The van der Waals surface area contributed by atoms with Crippen LogP contribution in [0.1, 0.15) is 33.1 Å². The zero-order valence-electron chi connectivity index (χ0n) is 10.7. The normalized spacial score (nSPS) is 10.8. The maximum absolute atomic E-state index is 11.1. The van der Waals surface area contributed by atoms with Gasteiger partial charge in [0.05, 0.1) is 0 Å². The molecule has 0 heterocycles. The molecule has 0 rings (SSSR count). The first kappa shape index (κ1) is 18.4. The van der Waals surface area contributed by atoms with Crippen LogP contribution in [0.15, 0.2) is 0 Å². The van der Waals surface area contributed by atoms with Gasteiger partial charge in [0, 0.05) is 12.9 Å². The van der Waals surface area contributed by atoms with Crippen molar-refractivity contribution in [2.45, 2.75) is 39.2 Å². The minimum atomic E-state index is -0.743. The molecule has 4 N–H and O–H groups in total. The maximum Gasteiger partial charge on any atom is 0.340 e. The molecule has 0 fully saturated rings. The molecule has 2 amide bonds. The molecule has 0 aromatic rings. The van der Waals surface area contributed by atoms with Gasteiger partial charge in [0.25, 0.3) is 0 Å². The lowest BCUT2D eigenvalue weighted by molar-refractivity contribution is -0.135. The van der Waals surface area contributed by atoms with E-state index in [9.17, 15) is 9.59 Å². The number of hydrogen-bond acceptors (Lipinski definition) is 5. The van der Waals surface area contributed by atoms with Gasteiger partial charge in [-0.15, -0.1) is 0 Å². The Morgan fingerprint density at radius 3 is 2.35 bits per heavy atom. The van der Waals surface area contributed by atoms with Gasteiger partial charge in [-0.3, -0.25) is 0 Å². The summed E-state index contributed by atoms with van der Waals surface area (Å²) in [5.41, 5.74) is 4.92. The number of primary amides is 1. The average Bonchev–Trinajstić information content (AvgIpc) is 2.34. The Hall–Kier alpha value is -0.950.